The highest BCUT2D eigenvalue weighted by Crippen LogP contribution is 2.19. The lowest BCUT2D eigenvalue weighted by Gasteiger charge is -2.07. The number of aromatic nitrogens is 2. The molecule has 3 heteroatoms. The number of hydrogen-bond donors (Lipinski definition) is 1. The van der Waals surface area contributed by atoms with E-state index in [1.54, 1.807) is 6.20 Å². The van der Waals surface area contributed by atoms with Crippen molar-refractivity contribution in [2.45, 2.75) is 6.42 Å². The van der Waals surface area contributed by atoms with Crippen LogP contribution in [0.2, 0.25) is 0 Å². The number of H-pyrrole nitrogens is 1. The summed E-state index contributed by atoms with van der Waals surface area (Å²) in [5.74, 6) is 0.0279. The van der Waals surface area contributed by atoms with Gasteiger partial charge in [-0.1, -0.05) is 6.08 Å². The normalized spacial score (nSPS) is 20.8. The Bertz CT molecular complexity index is 329. The van der Waals surface area contributed by atoms with Gasteiger partial charge in [0.25, 0.3) is 0 Å². The molecule has 1 heterocycles. The quantitative estimate of drug-likeness (QED) is 0.594. The molecule has 1 atom stereocenters. The summed E-state index contributed by atoms with van der Waals surface area (Å²) in [5.41, 5.74) is 2.18. The largest absolute Gasteiger partial charge is 0.278 e. The molecular weight excluding hydrogens is 138 g/mol. The van der Waals surface area contributed by atoms with Gasteiger partial charge in [-0.3, -0.25) is 5.10 Å². The van der Waals surface area contributed by atoms with E-state index in [9.17, 15) is 0 Å². The number of allylic oxidation sites excluding steroid dienone is 1. The van der Waals surface area contributed by atoms with Crippen molar-refractivity contribution in [2.24, 2.45) is 5.92 Å². The minimum absolute atomic E-state index is 0.0279. The van der Waals surface area contributed by atoms with Gasteiger partial charge in [0, 0.05) is 0 Å². The number of nitrogens with one attached hydrogen (secondary N) is 1. The fraction of sp³-hybridized carbons (Fsp3) is 0.250. The van der Waals surface area contributed by atoms with E-state index in [1.165, 1.54) is 0 Å². The number of aromatic amines is 1. The number of nitrogens with zero attached hydrogens (tertiary/aromatic N) is 2. The van der Waals surface area contributed by atoms with E-state index in [1.807, 2.05) is 12.2 Å². The molecule has 0 aliphatic heterocycles. The van der Waals surface area contributed by atoms with Crippen molar-refractivity contribution in [3.63, 3.8) is 0 Å². The number of rotatable bonds is 0. The fourth-order valence-corrected chi connectivity index (χ4v) is 1.23. The maximum absolute atomic E-state index is 8.62. The predicted octanol–water partition coefficient (Wildman–Crippen LogP) is 1.12. The summed E-state index contributed by atoms with van der Waals surface area (Å²) in [6.45, 7) is 0. The minimum atomic E-state index is 0.0279. The van der Waals surface area contributed by atoms with Crippen LogP contribution in [0, 0.1) is 17.2 Å². The van der Waals surface area contributed by atoms with Crippen LogP contribution >= 0.6 is 0 Å². The molecule has 54 valence electrons. The van der Waals surface area contributed by atoms with Crippen molar-refractivity contribution in [3.05, 3.63) is 23.5 Å². The van der Waals surface area contributed by atoms with Gasteiger partial charge in [-0.2, -0.15) is 10.4 Å². The molecule has 0 aromatic carbocycles. The Labute approximate surface area is 64.4 Å². The van der Waals surface area contributed by atoms with E-state index in [-0.39, 0.29) is 5.92 Å². The van der Waals surface area contributed by atoms with Crippen molar-refractivity contribution in [3.8, 4) is 6.07 Å². The van der Waals surface area contributed by atoms with Crippen LogP contribution in [-0.2, 0) is 6.42 Å². The third-order valence-electron chi connectivity index (χ3n) is 1.85. The molecular formula is C8H7N3. The van der Waals surface area contributed by atoms with Crippen LogP contribution in [0.15, 0.2) is 12.3 Å². The Morgan fingerprint density at radius 3 is 3.45 bits per heavy atom. The molecule has 1 aromatic rings. The second-order valence-corrected chi connectivity index (χ2v) is 2.61. The van der Waals surface area contributed by atoms with Gasteiger partial charge in [-0.15, -0.1) is 0 Å². The van der Waals surface area contributed by atoms with Crippen LogP contribution < -0.4 is 0 Å². The predicted molar refractivity (Wildman–Crippen MR) is 40.4 cm³/mol. The van der Waals surface area contributed by atoms with Crippen LogP contribution in [0.3, 0.4) is 0 Å². The standard InChI is InChI=1S/C8H7N3/c9-4-6-1-2-8-7(3-6)5-10-11-8/h1-2,5-6H,3H2,(H,10,11). The van der Waals surface area contributed by atoms with E-state index >= 15 is 0 Å². The molecule has 3 nitrogen and oxygen atoms in total. The molecule has 1 unspecified atom stereocenters. The highest BCUT2D eigenvalue weighted by molar-refractivity contribution is 5.52. The first-order valence-corrected chi connectivity index (χ1v) is 3.50. The lowest BCUT2D eigenvalue weighted by molar-refractivity contribution is 0.811. The molecule has 0 bridgehead atoms. The first-order valence-electron chi connectivity index (χ1n) is 3.50. The highest BCUT2D eigenvalue weighted by atomic mass is 15.1. The molecule has 11 heavy (non-hydrogen) atoms. The summed E-state index contributed by atoms with van der Waals surface area (Å²) in [6, 6.07) is 2.21. The zero-order chi connectivity index (χ0) is 7.68. The smallest absolute Gasteiger partial charge is 0.0701 e. The van der Waals surface area contributed by atoms with Crippen LogP contribution in [0.4, 0.5) is 0 Å². The lowest BCUT2D eigenvalue weighted by Crippen LogP contribution is -2.02. The molecule has 0 spiro atoms. The summed E-state index contributed by atoms with van der Waals surface area (Å²) < 4.78 is 0. The number of fused-ring (bicyclic) bond motifs is 1. The van der Waals surface area contributed by atoms with Crippen LogP contribution in [0.1, 0.15) is 11.3 Å². The van der Waals surface area contributed by atoms with Gasteiger partial charge < -0.3 is 0 Å². The summed E-state index contributed by atoms with van der Waals surface area (Å²) in [7, 11) is 0. The van der Waals surface area contributed by atoms with Crippen molar-refractivity contribution < 1.29 is 0 Å². The zero-order valence-electron chi connectivity index (χ0n) is 5.91. The van der Waals surface area contributed by atoms with Crippen molar-refractivity contribution in [2.75, 3.05) is 0 Å². The Balaban J connectivity index is 2.37. The van der Waals surface area contributed by atoms with Gasteiger partial charge in [0.1, 0.15) is 0 Å². The van der Waals surface area contributed by atoms with Gasteiger partial charge in [0.15, 0.2) is 0 Å². The molecule has 1 aliphatic rings. The van der Waals surface area contributed by atoms with E-state index < -0.39 is 0 Å². The molecule has 0 fully saturated rings. The maximum Gasteiger partial charge on any atom is 0.0701 e. The van der Waals surface area contributed by atoms with E-state index in [2.05, 4.69) is 16.3 Å². The lowest BCUT2D eigenvalue weighted by atomic mass is 9.95. The number of nitriles is 1. The summed E-state index contributed by atoms with van der Waals surface area (Å²) in [5, 5.41) is 15.4. The topological polar surface area (TPSA) is 52.5 Å². The average Bonchev–Trinajstić information content (AvgIpc) is 2.50. The Hall–Kier alpha value is -1.56. The molecule has 0 saturated heterocycles. The summed E-state index contributed by atoms with van der Waals surface area (Å²) in [6.07, 6.45) is 6.39. The summed E-state index contributed by atoms with van der Waals surface area (Å²) in [4.78, 5) is 0. The van der Waals surface area contributed by atoms with Crippen LogP contribution in [0.5, 0.6) is 0 Å². The highest BCUT2D eigenvalue weighted by Gasteiger charge is 2.13. The molecule has 0 amide bonds. The molecule has 1 aliphatic carbocycles. The Kier molecular flexibility index (Phi) is 1.26. The monoisotopic (exact) mass is 145 g/mol. The Morgan fingerprint density at radius 1 is 1.73 bits per heavy atom. The van der Waals surface area contributed by atoms with Crippen LogP contribution in [-0.4, -0.2) is 10.2 Å². The van der Waals surface area contributed by atoms with Gasteiger partial charge in [-0.25, -0.2) is 0 Å². The molecule has 0 saturated carbocycles. The first-order chi connectivity index (χ1) is 5.40. The van der Waals surface area contributed by atoms with Crippen molar-refractivity contribution in [1.29, 1.82) is 5.26 Å². The number of hydrogen-bond acceptors (Lipinski definition) is 2. The van der Waals surface area contributed by atoms with Gasteiger partial charge in [0.05, 0.1) is 23.9 Å². The van der Waals surface area contributed by atoms with E-state index in [0.29, 0.717) is 0 Å². The third-order valence-corrected chi connectivity index (χ3v) is 1.85. The first kappa shape index (κ1) is 6.17. The second-order valence-electron chi connectivity index (χ2n) is 2.61. The maximum atomic E-state index is 8.62. The Morgan fingerprint density at radius 2 is 2.64 bits per heavy atom. The fourth-order valence-electron chi connectivity index (χ4n) is 1.23. The van der Waals surface area contributed by atoms with E-state index in [0.717, 1.165) is 17.7 Å². The molecule has 0 radical (unpaired) electrons. The average molecular weight is 145 g/mol. The van der Waals surface area contributed by atoms with Crippen LogP contribution in [0.25, 0.3) is 6.08 Å². The van der Waals surface area contributed by atoms with Gasteiger partial charge in [0.2, 0.25) is 0 Å². The third kappa shape index (κ3) is 0.926. The second kappa shape index (κ2) is 2.24. The minimum Gasteiger partial charge on any atom is -0.278 e. The molecule has 2 rings (SSSR count). The van der Waals surface area contributed by atoms with Crippen molar-refractivity contribution in [1.82, 2.24) is 10.2 Å². The molecule has 1 N–H and O–H groups in total. The zero-order valence-corrected chi connectivity index (χ0v) is 5.91. The molecule has 1 aromatic heterocycles. The van der Waals surface area contributed by atoms with Gasteiger partial charge in [-0.05, 0) is 18.1 Å². The van der Waals surface area contributed by atoms with Gasteiger partial charge >= 0.3 is 0 Å². The summed E-state index contributed by atoms with van der Waals surface area (Å²) >= 11 is 0. The van der Waals surface area contributed by atoms with E-state index in [4.69, 9.17) is 5.26 Å². The SMILES string of the molecule is N#CC1C=Cc2[nH]ncc2C1. The van der Waals surface area contributed by atoms with Crippen molar-refractivity contribution >= 4 is 6.08 Å².